The number of carbonyl (C=O) groups excluding carboxylic acids is 2. The van der Waals surface area contributed by atoms with Crippen LogP contribution in [0.2, 0.25) is 0 Å². The van der Waals surface area contributed by atoms with Crippen molar-refractivity contribution in [3.05, 3.63) is 29.3 Å². The van der Waals surface area contributed by atoms with Gasteiger partial charge in [-0.15, -0.1) is 0 Å². The number of carboxylic acid groups (broad SMARTS) is 1. The molecule has 5 nitrogen and oxygen atoms in total. The molecule has 1 aromatic rings. The number of benzene rings is 1. The fourth-order valence-corrected chi connectivity index (χ4v) is 1.63. The standard InChI is InChI=1S/C12H9NO4/c1-6(14)7-2-3-8-10(4-7)13-5-9(11(8)15)12(16)17/h2-5,9H,1H3,(H,16,17). The number of hydrogen-bond donors (Lipinski definition) is 1. The summed E-state index contributed by atoms with van der Waals surface area (Å²) in [6.07, 6.45) is 1.09. The Kier molecular flexibility index (Phi) is 2.59. The second-order valence-corrected chi connectivity index (χ2v) is 3.75. The van der Waals surface area contributed by atoms with Crippen LogP contribution in [0.25, 0.3) is 0 Å². The molecule has 1 atom stereocenters. The SMILES string of the molecule is CC(=O)c1ccc2c(c1)N=CC(C(=O)O)C2=O. The summed E-state index contributed by atoms with van der Waals surface area (Å²) < 4.78 is 0. The number of carboxylic acids is 1. The zero-order valence-corrected chi connectivity index (χ0v) is 9.01. The minimum absolute atomic E-state index is 0.129. The van der Waals surface area contributed by atoms with Crippen LogP contribution in [-0.2, 0) is 4.79 Å². The van der Waals surface area contributed by atoms with Gasteiger partial charge in [0.2, 0.25) is 0 Å². The molecule has 5 heteroatoms. The molecular formula is C12H9NO4. The first kappa shape index (κ1) is 11.2. The zero-order valence-electron chi connectivity index (χ0n) is 9.01. The largest absolute Gasteiger partial charge is 0.480 e. The van der Waals surface area contributed by atoms with Gasteiger partial charge in [0.1, 0.15) is 0 Å². The Bertz CT molecular complexity index is 560. The average Bonchev–Trinajstić information content (AvgIpc) is 2.28. The molecule has 0 fully saturated rings. The second-order valence-electron chi connectivity index (χ2n) is 3.75. The number of nitrogens with zero attached hydrogens (tertiary/aromatic N) is 1. The summed E-state index contributed by atoms with van der Waals surface area (Å²) in [5.41, 5.74) is 1.03. The summed E-state index contributed by atoms with van der Waals surface area (Å²) >= 11 is 0. The fraction of sp³-hybridized carbons (Fsp3) is 0.167. The summed E-state index contributed by atoms with van der Waals surface area (Å²) in [6.45, 7) is 1.41. The molecule has 0 bridgehead atoms. The second kappa shape index (κ2) is 3.93. The Morgan fingerprint density at radius 2 is 2.06 bits per heavy atom. The lowest BCUT2D eigenvalue weighted by atomic mass is 9.93. The third kappa shape index (κ3) is 1.87. The first-order valence-electron chi connectivity index (χ1n) is 4.97. The Hall–Kier alpha value is -2.30. The Balaban J connectivity index is 2.49. The lowest BCUT2D eigenvalue weighted by Crippen LogP contribution is -2.27. The van der Waals surface area contributed by atoms with Gasteiger partial charge in [0.25, 0.3) is 0 Å². The molecule has 1 unspecified atom stereocenters. The minimum Gasteiger partial charge on any atom is -0.480 e. The number of ketones is 2. The van der Waals surface area contributed by atoms with Crippen LogP contribution in [0.5, 0.6) is 0 Å². The number of aliphatic imine (C=N–C) groups is 1. The van der Waals surface area contributed by atoms with Crippen LogP contribution in [0.1, 0.15) is 27.6 Å². The van der Waals surface area contributed by atoms with E-state index < -0.39 is 17.7 Å². The quantitative estimate of drug-likeness (QED) is 0.617. The fourth-order valence-electron chi connectivity index (χ4n) is 1.63. The van der Waals surface area contributed by atoms with E-state index >= 15 is 0 Å². The Morgan fingerprint density at radius 3 is 2.65 bits per heavy atom. The summed E-state index contributed by atoms with van der Waals surface area (Å²) in [5.74, 6) is -3.08. The third-order valence-electron chi connectivity index (χ3n) is 2.58. The van der Waals surface area contributed by atoms with E-state index in [0.29, 0.717) is 11.3 Å². The monoisotopic (exact) mass is 231 g/mol. The van der Waals surface area contributed by atoms with Crippen molar-refractivity contribution >= 4 is 29.4 Å². The van der Waals surface area contributed by atoms with Gasteiger partial charge >= 0.3 is 5.97 Å². The summed E-state index contributed by atoms with van der Waals surface area (Å²) in [4.78, 5) is 37.6. The van der Waals surface area contributed by atoms with Crippen molar-refractivity contribution in [1.29, 1.82) is 0 Å². The van der Waals surface area contributed by atoms with Gasteiger partial charge in [-0.3, -0.25) is 19.4 Å². The van der Waals surface area contributed by atoms with E-state index in [2.05, 4.69) is 4.99 Å². The van der Waals surface area contributed by atoms with Crippen molar-refractivity contribution in [2.75, 3.05) is 0 Å². The molecule has 0 aromatic heterocycles. The van der Waals surface area contributed by atoms with Gasteiger partial charge in [-0.2, -0.15) is 0 Å². The molecule has 0 aliphatic carbocycles. The molecule has 0 amide bonds. The molecule has 0 saturated carbocycles. The highest BCUT2D eigenvalue weighted by atomic mass is 16.4. The van der Waals surface area contributed by atoms with Gasteiger partial charge in [0.05, 0.1) is 5.69 Å². The third-order valence-corrected chi connectivity index (χ3v) is 2.58. The minimum atomic E-state index is -1.23. The molecule has 1 heterocycles. The lowest BCUT2D eigenvalue weighted by molar-refractivity contribution is -0.137. The van der Waals surface area contributed by atoms with Crippen LogP contribution in [0, 0.1) is 5.92 Å². The van der Waals surface area contributed by atoms with E-state index in [0.717, 1.165) is 6.21 Å². The van der Waals surface area contributed by atoms with Gasteiger partial charge in [0.15, 0.2) is 17.5 Å². The Morgan fingerprint density at radius 1 is 1.35 bits per heavy atom. The average molecular weight is 231 g/mol. The number of carbonyl (C=O) groups is 3. The van der Waals surface area contributed by atoms with E-state index in [9.17, 15) is 14.4 Å². The van der Waals surface area contributed by atoms with E-state index in [1.165, 1.54) is 25.1 Å². The van der Waals surface area contributed by atoms with Gasteiger partial charge in [-0.25, -0.2) is 0 Å². The Labute approximate surface area is 96.8 Å². The maximum Gasteiger partial charge on any atom is 0.319 e. The topological polar surface area (TPSA) is 83.8 Å². The van der Waals surface area contributed by atoms with Crippen molar-refractivity contribution in [2.45, 2.75) is 6.92 Å². The highest BCUT2D eigenvalue weighted by Gasteiger charge is 2.30. The number of Topliss-reactive ketones (excluding diaryl/α,β-unsaturated/α-hetero) is 2. The molecule has 0 radical (unpaired) electrons. The van der Waals surface area contributed by atoms with Crippen molar-refractivity contribution in [3.8, 4) is 0 Å². The van der Waals surface area contributed by atoms with E-state index in [4.69, 9.17) is 5.11 Å². The van der Waals surface area contributed by atoms with E-state index in [1.54, 1.807) is 0 Å². The van der Waals surface area contributed by atoms with Crippen LogP contribution in [0.3, 0.4) is 0 Å². The molecule has 1 N–H and O–H groups in total. The van der Waals surface area contributed by atoms with Crippen molar-refractivity contribution < 1.29 is 19.5 Å². The van der Waals surface area contributed by atoms with Crippen molar-refractivity contribution in [1.82, 2.24) is 0 Å². The normalized spacial score (nSPS) is 17.7. The predicted octanol–water partition coefficient (Wildman–Crippen LogP) is 1.49. The molecule has 1 aliphatic heterocycles. The van der Waals surface area contributed by atoms with Crippen LogP contribution in [0.4, 0.5) is 5.69 Å². The van der Waals surface area contributed by atoms with Crippen molar-refractivity contribution in [2.24, 2.45) is 10.9 Å². The number of hydrogen-bond acceptors (Lipinski definition) is 4. The first-order chi connectivity index (χ1) is 8.00. The van der Waals surface area contributed by atoms with Gasteiger partial charge in [-0.05, 0) is 19.1 Å². The summed E-state index contributed by atoms with van der Waals surface area (Å²) in [5, 5.41) is 8.81. The van der Waals surface area contributed by atoms with Crippen molar-refractivity contribution in [3.63, 3.8) is 0 Å². The van der Waals surface area contributed by atoms with Crippen LogP contribution in [0.15, 0.2) is 23.2 Å². The number of rotatable bonds is 2. The molecule has 86 valence electrons. The smallest absolute Gasteiger partial charge is 0.319 e. The number of aliphatic carboxylic acids is 1. The summed E-state index contributed by atoms with van der Waals surface area (Å²) in [6, 6.07) is 4.43. The van der Waals surface area contributed by atoms with Crippen LogP contribution < -0.4 is 0 Å². The van der Waals surface area contributed by atoms with Crippen LogP contribution >= 0.6 is 0 Å². The van der Waals surface area contributed by atoms with Crippen LogP contribution in [-0.4, -0.2) is 28.9 Å². The molecule has 0 spiro atoms. The molecular weight excluding hydrogens is 222 g/mol. The van der Waals surface area contributed by atoms with E-state index in [-0.39, 0.29) is 11.3 Å². The number of fused-ring (bicyclic) bond motifs is 1. The van der Waals surface area contributed by atoms with Gasteiger partial charge in [-0.1, -0.05) is 6.07 Å². The van der Waals surface area contributed by atoms with Gasteiger partial charge in [0, 0.05) is 17.3 Å². The maximum absolute atomic E-state index is 11.8. The molecule has 1 aliphatic rings. The molecule has 1 aromatic carbocycles. The first-order valence-corrected chi connectivity index (χ1v) is 4.97. The summed E-state index contributed by atoms with van der Waals surface area (Å²) in [7, 11) is 0. The lowest BCUT2D eigenvalue weighted by Gasteiger charge is -2.14. The molecule has 17 heavy (non-hydrogen) atoms. The highest BCUT2D eigenvalue weighted by molar-refractivity contribution is 6.22. The molecule has 0 saturated heterocycles. The zero-order chi connectivity index (χ0) is 12.6. The van der Waals surface area contributed by atoms with E-state index in [1.807, 2.05) is 0 Å². The molecule has 2 rings (SSSR count). The predicted molar refractivity (Wildman–Crippen MR) is 60.1 cm³/mol. The van der Waals surface area contributed by atoms with Gasteiger partial charge < -0.3 is 5.11 Å². The highest BCUT2D eigenvalue weighted by Crippen LogP contribution is 2.27. The maximum atomic E-state index is 11.8.